The van der Waals surface area contributed by atoms with Gasteiger partial charge in [-0.1, -0.05) is 6.07 Å². The fraction of sp³-hybridized carbons (Fsp3) is 0.389. The summed E-state index contributed by atoms with van der Waals surface area (Å²) in [6.45, 7) is 2.79. The van der Waals surface area contributed by atoms with E-state index in [1.54, 1.807) is 34.8 Å². The minimum absolute atomic E-state index is 0.0298. The van der Waals surface area contributed by atoms with Crippen molar-refractivity contribution in [1.82, 2.24) is 25.3 Å². The molecule has 2 fully saturated rings. The molecule has 7 nitrogen and oxygen atoms in total. The summed E-state index contributed by atoms with van der Waals surface area (Å²) in [6, 6.07) is 5.45. The number of hydrogen-bond donors (Lipinski definition) is 2. The zero-order chi connectivity index (χ0) is 18.3. The van der Waals surface area contributed by atoms with Crippen LogP contribution in [0.3, 0.4) is 0 Å². The molecule has 0 unspecified atom stereocenters. The number of fused-ring (bicyclic) bond motifs is 1. The van der Waals surface area contributed by atoms with Gasteiger partial charge in [0, 0.05) is 30.9 Å². The molecule has 1 aromatic carbocycles. The van der Waals surface area contributed by atoms with E-state index in [1.165, 1.54) is 12.1 Å². The summed E-state index contributed by atoms with van der Waals surface area (Å²) >= 11 is 0. The van der Waals surface area contributed by atoms with Crippen LogP contribution < -0.4 is 10.6 Å². The van der Waals surface area contributed by atoms with Gasteiger partial charge in [-0.3, -0.25) is 9.59 Å². The van der Waals surface area contributed by atoms with Crippen LogP contribution >= 0.6 is 0 Å². The number of halogens is 1. The molecule has 2 N–H and O–H groups in total. The maximum Gasteiger partial charge on any atom is 0.245 e. The molecule has 0 saturated carbocycles. The summed E-state index contributed by atoms with van der Waals surface area (Å²) in [7, 11) is 0. The SMILES string of the molecule is C[C@H]1NC(=O)[C@@H]2C[C@H](NCc3cnn(-c4cccc(F)c4)c3)CN2C1=O. The minimum atomic E-state index is -0.456. The fourth-order valence-corrected chi connectivity index (χ4v) is 3.57. The number of carbonyl (C=O) groups excluding carboxylic acids is 2. The zero-order valence-electron chi connectivity index (χ0n) is 14.4. The van der Waals surface area contributed by atoms with Gasteiger partial charge < -0.3 is 15.5 Å². The lowest BCUT2D eigenvalue weighted by Gasteiger charge is -2.32. The van der Waals surface area contributed by atoms with Crippen molar-refractivity contribution in [3.63, 3.8) is 0 Å². The van der Waals surface area contributed by atoms with E-state index < -0.39 is 6.04 Å². The highest BCUT2D eigenvalue weighted by Gasteiger charge is 2.44. The molecule has 0 bridgehead atoms. The highest BCUT2D eigenvalue weighted by atomic mass is 19.1. The van der Waals surface area contributed by atoms with Gasteiger partial charge in [0.15, 0.2) is 0 Å². The third-order valence-electron chi connectivity index (χ3n) is 4.92. The lowest BCUT2D eigenvalue weighted by atomic mass is 10.1. The molecular weight excluding hydrogens is 337 g/mol. The Kier molecular flexibility index (Phi) is 4.20. The number of carbonyl (C=O) groups is 2. The molecule has 1 aromatic heterocycles. The van der Waals surface area contributed by atoms with Crippen molar-refractivity contribution < 1.29 is 14.0 Å². The summed E-state index contributed by atoms with van der Waals surface area (Å²) in [5.41, 5.74) is 1.61. The molecular formula is C18H20FN5O2. The number of hydrogen-bond acceptors (Lipinski definition) is 4. The van der Waals surface area contributed by atoms with Crippen molar-refractivity contribution in [2.24, 2.45) is 0 Å². The summed E-state index contributed by atoms with van der Waals surface area (Å²) in [5.74, 6) is -0.421. The number of benzene rings is 1. The van der Waals surface area contributed by atoms with Crippen LogP contribution in [0.4, 0.5) is 4.39 Å². The van der Waals surface area contributed by atoms with E-state index in [4.69, 9.17) is 0 Å². The predicted octanol–water partition coefficient (Wildman–Crippen LogP) is 0.589. The van der Waals surface area contributed by atoms with Crippen LogP contribution in [0.1, 0.15) is 18.9 Å². The smallest absolute Gasteiger partial charge is 0.245 e. The normalized spacial score (nSPS) is 25.3. The summed E-state index contributed by atoms with van der Waals surface area (Å²) in [5, 5.41) is 10.4. The first-order valence-electron chi connectivity index (χ1n) is 8.65. The monoisotopic (exact) mass is 357 g/mol. The second-order valence-electron chi connectivity index (χ2n) is 6.82. The van der Waals surface area contributed by atoms with Crippen LogP contribution in [0, 0.1) is 5.82 Å². The number of rotatable bonds is 4. The Hall–Kier alpha value is -2.74. The number of aromatic nitrogens is 2. The van der Waals surface area contributed by atoms with Crippen molar-refractivity contribution in [3.8, 4) is 5.69 Å². The third-order valence-corrected chi connectivity index (χ3v) is 4.92. The van der Waals surface area contributed by atoms with E-state index in [9.17, 15) is 14.0 Å². The Labute approximate surface area is 150 Å². The van der Waals surface area contributed by atoms with E-state index in [0.29, 0.717) is 25.2 Å². The first-order valence-corrected chi connectivity index (χ1v) is 8.65. The van der Waals surface area contributed by atoms with Crippen molar-refractivity contribution in [3.05, 3.63) is 48.0 Å². The van der Waals surface area contributed by atoms with Gasteiger partial charge in [-0.2, -0.15) is 5.10 Å². The van der Waals surface area contributed by atoms with E-state index in [-0.39, 0.29) is 29.7 Å². The van der Waals surface area contributed by atoms with E-state index in [1.807, 2.05) is 6.20 Å². The van der Waals surface area contributed by atoms with Crippen LogP contribution in [0.5, 0.6) is 0 Å². The van der Waals surface area contributed by atoms with Crippen LogP contribution in [0.2, 0.25) is 0 Å². The average Bonchev–Trinajstić information content (AvgIpc) is 3.25. The Morgan fingerprint density at radius 1 is 1.38 bits per heavy atom. The van der Waals surface area contributed by atoms with Gasteiger partial charge in [0.2, 0.25) is 11.8 Å². The van der Waals surface area contributed by atoms with Crippen LogP contribution in [-0.4, -0.2) is 51.2 Å². The van der Waals surface area contributed by atoms with Crippen molar-refractivity contribution in [1.29, 1.82) is 0 Å². The maximum absolute atomic E-state index is 13.3. The van der Waals surface area contributed by atoms with Crippen LogP contribution in [0.15, 0.2) is 36.7 Å². The highest BCUT2D eigenvalue weighted by molar-refractivity contribution is 5.97. The number of amides is 2. The molecule has 4 rings (SSSR count). The zero-order valence-corrected chi connectivity index (χ0v) is 14.4. The Morgan fingerprint density at radius 2 is 2.23 bits per heavy atom. The van der Waals surface area contributed by atoms with Gasteiger partial charge in [-0.15, -0.1) is 0 Å². The molecule has 26 heavy (non-hydrogen) atoms. The van der Waals surface area contributed by atoms with Crippen molar-refractivity contribution in [2.45, 2.75) is 38.0 Å². The molecule has 3 heterocycles. The summed E-state index contributed by atoms with van der Waals surface area (Å²) < 4.78 is 15.0. The first kappa shape index (κ1) is 16.7. The highest BCUT2D eigenvalue weighted by Crippen LogP contribution is 2.23. The topological polar surface area (TPSA) is 79.3 Å². The molecule has 0 spiro atoms. The Balaban J connectivity index is 1.38. The molecule has 0 radical (unpaired) electrons. The molecule has 2 aromatic rings. The lowest BCUT2D eigenvalue weighted by Crippen LogP contribution is -2.60. The molecule has 2 aliphatic rings. The molecule has 3 atom stereocenters. The lowest BCUT2D eigenvalue weighted by molar-refractivity contribution is -0.146. The third kappa shape index (κ3) is 3.08. The van der Waals surface area contributed by atoms with E-state index >= 15 is 0 Å². The van der Waals surface area contributed by atoms with Gasteiger partial charge in [0.1, 0.15) is 17.9 Å². The Morgan fingerprint density at radius 3 is 3.04 bits per heavy atom. The second kappa shape index (κ2) is 6.53. The van der Waals surface area contributed by atoms with Gasteiger partial charge in [0.05, 0.1) is 11.9 Å². The second-order valence-corrected chi connectivity index (χ2v) is 6.82. The standard InChI is InChI=1S/C18H20FN5O2/c1-11-18(26)23-10-14(6-16(23)17(25)22-11)20-7-12-8-21-24(9-12)15-4-2-3-13(19)5-15/h2-5,8-9,11,14,16,20H,6-7,10H2,1H3,(H,22,25)/t11-,14+,16+/m1/s1. The quantitative estimate of drug-likeness (QED) is 0.839. The van der Waals surface area contributed by atoms with E-state index in [0.717, 1.165) is 5.56 Å². The average molecular weight is 357 g/mol. The largest absolute Gasteiger partial charge is 0.343 e. The number of nitrogens with zero attached hydrogens (tertiary/aromatic N) is 3. The fourth-order valence-electron chi connectivity index (χ4n) is 3.57. The molecule has 2 aliphatic heterocycles. The minimum Gasteiger partial charge on any atom is -0.343 e. The van der Waals surface area contributed by atoms with Crippen LogP contribution in [-0.2, 0) is 16.1 Å². The molecule has 8 heteroatoms. The number of piperazine rings is 1. The molecule has 2 saturated heterocycles. The van der Waals surface area contributed by atoms with Gasteiger partial charge in [0.25, 0.3) is 0 Å². The van der Waals surface area contributed by atoms with E-state index in [2.05, 4.69) is 15.7 Å². The van der Waals surface area contributed by atoms with Crippen molar-refractivity contribution in [2.75, 3.05) is 6.54 Å². The Bertz CT molecular complexity index is 852. The van der Waals surface area contributed by atoms with Gasteiger partial charge >= 0.3 is 0 Å². The summed E-state index contributed by atoms with van der Waals surface area (Å²) in [4.78, 5) is 25.9. The predicted molar refractivity (Wildman–Crippen MR) is 91.9 cm³/mol. The summed E-state index contributed by atoms with van der Waals surface area (Å²) in [6.07, 6.45) is 4.16. The van der Waals surface area contributed by atoms with Crippen LogP contribution in [0.25, 0.3) is 5.69 Å². The molecule has 0 aliphatic carbocycles. The number of nitrogens with one attached hydrogen (secondary N) is 2. The van der Waals surface area contributed by atoms with Crippen molar-refractivity contribution >= 4 is 11.8 Å². The maximum atomic E-state index is 13.3. The van der Waals surface area contributed by atoms with Gasteiger partial charge in [-0.05, 0) is 31.5 Å². The molecule has 136 valence electrons. The molecule has 2 amide bonds. The first-order chi connectivity index (χ1) is 12.5. The van der Waals surface area contributed by atoms with Gasteiger partial charge in [-0.25, -0.2) is 9.07 Å².